The SMILES string of the molecule is CC(C)C(=O)NC1CCc2c(c3cc(C#N)ccc3n2Cc2cccc(F)c2)C1. The van der Waals surface area contributed by atoms with E-state index in [2.05, 4.69) is 16.0 Å². The van der Waals surface area contributed by atoms with Gasteiger partial charge >= 0.3 is 0 Å². The van der Waals surface area contributed by atoms with Crippen LogP contribution < -0.4 is 5.32 Å². The van der Waals surface area contributed by atoms with Gasteiger partial charge in [0.2, 0.25) is 5.91 Å². The average Bonchev–Trinajstić information content (AvgIpc) is 3.00. The van der Waals surface area contributed by atoms with E-state index < -0.39 is 0 Å². The lowest BCUT2D eigenvalue weighted by Crippen LogP contribution is -2.41. The molecule has 0 aliphatic heterocycles. The maximum Gasteiger partial charge on any atom is 0.222 e. The number of rotatable bonds is 4. The third-order valence-corrected chi connectivity index (χ3v) is 5.70. The summed E-state index contributed by atoms with van der Waals surface area (Å²) >= 11 is 0. The standard InChI is InChI=1S/C24H24FN3O/c1-15(2)24(29)27-19-7-9-23-21(12-19)20-11-16(13-26)6-8-22(20)28(23)14-17-4-3-5-18(25)10-17/h3-6,8,10-11,15,19H,7,9,12,14H2,1-2H3,(H,27,29). The minimum atomic E-state index is -0.240. The van der Waals surface area contributed by atoms with E-state index in [1.165, 1.54) is 17.3 Å². The molecular weight excluding hydrogens is 365 g/mol. The summed E-state index contributed by atoms with van der Waals surface area (Å²) in [5.41, 5.74) is 4.98. The Bertz CT molecular complexity index is 1120. The zero-order chi connectivity index (χ0) is 20.5. The van der Waals surface area contributed by atoms with E-state index in [1.54, 1.807) is 12.1 Å². The number of aromatic nitrogens is 1. The third kappa shape index (κ3) is 3.75. The Balaban J connectivity index is 1.76. The van der Waals surface area contributed by atoms with Crippen molar-refractivity contribution in [1.29, 1.82) is 5.26 Å². The third-order valence-electron chi connectivity index (χ3n) is 5.70. The minimum absolute atomic E-state index is 0.0455. The predicted octanol–water partition coefficient (Wildman–Crippen LogP) is 4.33. The second-order valence-electron chi connectivity index (χ2n) is 8.09. The van der Waals surface area contributed by atoms with Gasteiger partial charge in [0.05, 0.1) is 11.6 Å². The van der Waals surface area contributed by atoms with E-state index in [9.17, 15) is 14.4 Å². The van der Waals surface area contributed by atoms with Crippen LogP contribution in [-0.4, -0.2) is 16.5 Å². The van der Waals surface area contributed by atoms with Gasteiger partial charge in [-0.25, -0.2) is 4.39 Å². The number of amides is 1. The van der Waals surface area contributed by atoms with E-state index in [1.807, 2.05) is 38.1 Å². The van der Waals surface area contributed by atoms with E-state index in [4.69, 9.17) is 0 Å². The molecule has 4 rings (SSSR count). The lowest BCUT2D eigenvalue weighted by atomic mass is 9.90. The first kappa shape index (κ1) is 19.2. The fourth-order valence-corrected chi connectivity index (χ4v) is 4.21. The minimum Gasteiger partial charge on any atom is -0.353 e. The zero-order valence-corrected chi connectivity index (χ0v) is 16.7. The number of carbonyl (C=O) groups is 1. The number of benzene rings is 2. The molecule has 1 heterocycles. The molecule has 1 aromatic heterocycles. The predicted molar refractivity (Wildman–Crippen MR) is 111 cm³/mol. The average molecular weight is 389 g/mol. The van der Waals surface area contributed by atoms with Crippen LogP contribution >= 0.6 is 0 Å². The molecule has 0 bridgehead atoms. The van der Waals surface area contributed by atoms with Gasteiger partial charge in [0, 0.05) is 35.1 Å². The molecule has 1 unspecified atom stereocenters. The number of carbonyl (C=O) groups excluding carboxylic acids is 1. The van der Waals surface area contributed by atoms with Crippen LogP contribution in [0, 0.1) is 23.1 Å². The zero-order valence-electron chi connectivity index (χ0n) is 16.7. The van der Waals surface area contributed by atoms with Crippen LogP contribution in [0.25, 0.3) is 10.9 Å². The molecule has 0 spiro atoms. The van der Waals surface area contributed by atoms with Crippen LogP contribution in [0.15, 0.2) is 42.5 Å². The molecule has 1 atom stereocenters. The van der Waals surface area contributed by atoms with Crippen LogP contribution in [0.1, 0.15) is 42.7 Å². The Morgan fingerprint density at radius 3 is 2.86 bits per heavy atom. The summed E-state index contributed by atoms with van der Waals surface area (Å²) in [6.45, 7) is 4.37. The van der Waals surface area contributed by atoms with Gasteiger partial charge in [-0.1, -0.05) is 26.0 Å². The Kier molecular flexibility index (Phi) is 5.10. The molecule has 1 N–H and O–H groups in total. The Hall–Kier alpha value is -3.13. The number of fused-ring (bicyclic) bond motifs is 3. The topological polar surface area (TPSA) is 57.8 Å². The van der Waals surface area contributed by atoms with Crippen molar-refractivity contribution in [2.24, 2.45) is 5.92 Å². The van der Waals surface area contributed by atoms with Crippen LogP contribution in [0.4, 0.5) is 4.39 Å². The summed E-state index contributed by atoms with van der Waals surface area (Å²) in [6, 6.07) is 14.7. The molecule has 0 saturated carbocycles. The van der Waals surface area contributed by atoms with E-state index >= 15 is 0 Å². The highest BCUT2D eigenvalue weighted by molar-refractivity contribution is 5.87. The number of hydrogen-bond acceptors (Lipinski definition) is 2. The van der Waals surface area contributed by atoms with Gasteiger partial charge < -0.3 is 9.88 Å². The summed E-state index contributed by atoms with van der Waals surface area (Å²) in [4.78, 5) is 12.2. The van der Waals surface area contributed by atoms with Gasteiger partial charge in [-0.3, -0.25) is 4.79 Å². The molecule has 4 nitrogen and oxygen atoms in total. The molecular formula is C24H24FN3O. The van der Waals surface area contributed by atoms with Crippen molar-refractivity contribution in [2.45, 2.75) is 45.7 Å². The smallest absolute Gasteiger partial charge is 0.222 e. The lowest BCUT2D eigenvalue weighted by Gasteiger charge is -2.26. The highest BCUT2D eigenvalue weighted by atomic mass is 19.1. The number of nitrogens with one attached hydrogen (secondary N) is 1. The summed E-state index contributed by atoms with van der Waals surface area (Å²) in [7, 11) is 0. The number of nitriles is 1. The van der Waals surface area contributed by atoms with E-state index in [0.717, 1.165) is 35.7 Å². The number of hydrogen-bond donors (Lipinski definition) is 1. The molecule has 1 amide bonds. The Labute approximate surface area is 170 Å². The van der Waals surface area contributed by atoms with E-state index in [-0.39, 0.29) is 23.7 Å². The van der Waals surface area contributed by atoms with Gasteiger partial charge in [0.1, 0.15) is 5.82 Å². The molecule has 2 aromatic carbocycles. The molecule has 5 heteroatoms. The summed E-state index contributed by atoms with van der Waals surface area (Å²) in [6.07, 6.45) is 2.45. The van der Waals surface area contributed by atoms with Crippen molar-refractivity contribution in [2.75, 3.05) is 0 Å². The highest BCUT2D eigenvalue weighted by Crippen LogP contribution is 2.33. The van der Waals surface area contributed by atoms with Crippen molar-refractivity contribution < 1.29 is 9.18 Å². The monoisotopic (exact) mass is 389 g/mol. The molecule has 0 radical (unpaired) electrons. The number of nitrogens with zero attached hydrogens (tertiary/aromatic N) is 2. The highest BCUT2D eigenvalue weighted by Gasteiger charge is 2.27. The quantitative estimate of drug-likeness (QED) is 0.722. The molecule has 0 saturated heterocycles. The molecule has 0 fully saturated rings. The van der Waals surface area contributed by atoms with Crippen molar-refractivity contribution in [3.05, 3.63) is 70.7 Å². The fraction of sp³-hybridized carbons (Fsp3) is 0.333. The van der Waals surface area contributed by atoms with Gasteiger partial charge in [0.15, 0.2) is 0 Å². The van der Waals surface area contributed by atoms with Crippen LogP contribution in [-0.2, 0) is 24.2 Å². The fourth-order valence-electron chi connectivity index (χ4n) is 4.21. The first-order chi connectivity index (χ1) is 14.0. The molecule has 148 valence electrons. The van der Waals surface area contributed by atoms with Crippen molar-refractivity contribution >= 4 is 16.8 Å². The first-order valence-electron chi connectivity index (χ1n) is 10.0. The molecule has 29 heavy (non-hydrogen) atoms. The largest absolute Gasteiger partial charge is 0.353 e. The lowest BCUT2D eigenvalue weighted by molar-refractivity contribution is -0.124. The second kappa shape index (κ2) is 7.71. The Morgan fingerprint density at radius 1 is 1.31 bits per heavy atom. The normalized spacial score (nSPS) is 15.9. The van der Waals surface area contributed by atoms with E-state index in [0.29, 0.717) is 12.1 Å². The Morgan fingerprint density at radius 2 is 2.14 bits per heavy atom. The van der Waals surface area contributed by atoms with Gasteiger partial charge in [-0.05, 0) is 60.7 Å². The second-order valence-corrected chi connectivity index (χ2v) is 8.09. The molecule has 1 aliphatic rings. The van der Waals surface area contributed by atoms with Gasteiger partial charge in [0.25, 0.3) is 0 Å². The van der Waals surface area contributed by atoms with Gasteiger partial charge in [-0.15, -0.1) is 0 Å². The summed E-state index contributed by atoms with van der Waals surface area (Å²) in [5, 5.41) is 13.6. The number of halogens is 1. The first-order valence-corrected chi connectivity index (χ1v) is 10.0. The summed E-state index contributed by atoms with van der Waals surface area (Å²) < 4.78 is 15.9. The summed E-state index contributed by atoms with van der Waals surface area (Å²) in [5.74, 6) is -0.216. The van der Waals surface area contributed by atoms with Crippen molar-refractivity contribution in [1.82, 2.24) is 9.88 Å². The van der Waals surface area contributed by atoms with Crippen LogP contribution in [0.3, 0.4) is 0 Å². The van der Waals surface area contributed by atoms with Crippen molar-refractivity contribution in [3.8, 4) is 6.07 Å². The van der Waals surface area contributed by atoms with Crippen molar-refractivity contribution in [3.63, 3.8) is 0 Å². The maximum atomic E-state index is 13.7. The van der Waals surface area contributed by atoms with Gasteiger partial charge in [-0.2, -0.15) is 5.26 Å². The van der Waals surface area contributed by atoms with Crippen LogP contribution in [0.2, 0.25) is 0 Å². The molecule has 3 aromatic rings. The van der Waals surface area contributed by atoms with Crippen LogP contribution in [0.5, 0.6) is 0 Å². The molecule has 1 aliphatic carbocycles. The maximum absolute atomic E-state index is 13.7.